The Bertz CT molecular complexity index is 684. The van der Waals surface area contributed by atoms with Gasteiger partial charge in [-0.3, -0.25) is 4.99 Å². The van der Waals surface area contributed by atoms with Crippen LogP contribution < -0.4 is 15.5 Å². The molecule has 3 heterocycles. The van der Waals surface area contributed by atoms with E-state index >= 15 is 0 Å². The third-order valence-corrected chi connectivity index (χ3v) is 6.49. The number of piperidine rings is 1. The quantitative estimate of drug-likeness (QED) is 0.581. The van der Waals surface area contributed by atoms with Crippen molar-refractivity contribution in [2.24, 2.45) is 4.99 Å². The van der Waals surface area contributed by atoms with Gasteiger partial charge in [-0.15, -0.1) is 11.3 Å². The Balaban J connectivity index is 1.31. The number of rotatable bonds is 6. The average molecular weight is 387 g/mol. The predicted octanol–water partition coefficient (Wildman–Crippen LogP) is 4.03. The molecule has 0 aromatic carbocycles. The third-order valence-electron chi connectivity index (χ3n) is 5.56. The van der Waals surface area contributed by atoms with Crippen LogP contribution in [0.4, 0.5) is 5.00 Å². The van der Waals surface area contributed by atoms with E-state index in [1.807, 2.05) is 23.5 Å². The van der Waals surface area contributed by atoms with Crippen LogP contribution in [0.5, 0.6) is 0 Å². The zero-order chi connectivity index (χ0) is 18.3. The van der Waals surface area contributed by atoms with Gasteiger partial charge in [-0.1, -0.05) is 12.8 Å². The average Bonchev–Trinajstić information content (AvgIpc) is 3.46. The molecule has 0 bridgehead atoms. The molecule has 0 amide bonds. The molecule has 0 unspecified atom stereocenters. The minimum Gasteiger partial charge on any atom is -0.469 e. The highest BCUT2D eigenvalue weighted by atomic mass is 32.1. The van der Waals surface area contributed by atoms with Crippen LogP contribution in [-0.4, -0.2) is 37.7 Å². The van der Waals surface area contributed by atoms with Crippen molar-refractivity contribution in [2.75, 3.05) is 24.5 Å². The Morgan fingerprint density at radius 1 is 1.07 bits per heavy atom. The molecule has 6 heteroatoms. The van der Waals surface area contributed by atoms with Gasteiger partial charge >= 0.3 is 0 Å². The van der Waals surface area contributed by atoms with Crippen molar-refractivity contribution in [3.8, 4) is 0 Å². The second kappa shape index (κ2) is 9.31. The van der Waals surface area contributed by atoms with Crippen molar-refractivity contribution in [1.82, 2.24) is 10.6 Å². The van der Waals surface area contributed by atoms with Gasteiger partial charge in [0.15, 0.2) is 5.96 Å². The van der Waals surface area contributed by atoms with Gasteiger partial charge in [-0.25, -0.2) is 0 Å². The normalized spacial score (nSPS) is 19.6. The monoisotopic (exact) mass is 386 g/mol. The van der Waals surface area contributed by atoms with Crippen molar-refractivity contribution in [2.45, 2.75) is 57.0 Å². The van der Waals surface area contributed by atoms with Gasteiger partial charge in [-0.2, -0.15) is 0 Å². The molecule has 2 aliphatic rings. The number of thiophene rings is 1. The molecular formula is C21H30N4OS. The maximum atomic E-state index is 5.43. The summed E-state index contributed by atoms with van der Waals surface area (Å²) in [5, 5.41) is 10.9. The second-order valence-electron chi connectivity index (χ2n) is 7.54. The van der Waals surface area contributed by atoms with Crippen molar-refractivity contribution in [3.05, 3.63) is 41.7 Å². The molecule has 2 aromatic heterocycles. The molecule has 0 atom stereocenters. The molecule has 2 N–H and O–H groups in total. The molecule has 0 spiro atoms. The Kier molecular flexibility index (Phi) is 6.35. The summed E-state index contributed by atoms with van der Waals surface area (Å²) in [4.78, 5) is 7.35. The molecule has 2 aromatic rings. The molecule has 1 aliphatic carbocycles. The highest BCUT2D eigenvalue weighted by Gasteiger charge is 2.22. The number of hydrogen-bond acceptors (Lipinski definition) is 4. The molecule has 146 valence electrons. The van der Waals surface area contributed by atoms with E-state index < -0.39 is 0 Å². The SMILES string of the molecule is c1coc(CCN=C(NC2CCCC2)NC2CCN(c3cccs3)CC2)c1. The zero-order valence-corrected chi connectivity index (χ0v) is 16.7. The van der Waals surface area contributed by atoms with E-state index in [9.17, 15) is 0 Å². The predicted molar refractivity (Wildman–Crippen MR) is 113 cm³/mol. The van der Waals surface area contributed by atoms with E-state index in [1.165, 1.54) is 30.7 Å². The minimum atomic E-state index is 0.498. The lowest BCUT2D eigenvalue weighted by atomic mass is 10.1. The number of furan rings is 1. The summed E-state index contributed by atoms with van der Waals surface area (Å²) >= 11 is 1.84. The first-order valence-corrected chi connectivity index (χ1v) is 11.1. The molecule has 27 heavy (non-hydrogen) atoms. The van der Waals surface area contributed by atoms with Gasteiger partial charge in [0.05, 0.1) is 11.3 Å². The summed E-state index contributed by atoms with van der Waals surface area (Å²) in [6.07, 6.45) is 10.1. The van der Waals surface area contributed by atoms with Crippen LogP contribution >= 0.6 is 11.3 Å². The van der Waals surface area contributed by atoms with Gasteiger partial charge in [0.1, 0.15) is 5.76 Å². The first kappa shape index (κ1) is 18.4. The van der Waals surface area contributed by atoms with Crippen LogP contribution in [-0.2, 0) is 6.42 Å². The molecule has 1 saturated carbocycles. The molecule has 1 saturated heterocycles. The minimum absolute atomic E-state index is 0.498. The molecular weight excluding hydrogens is 356 g/mol. The van der Waals surface area contributed by atoms with Gasteiger partial charge in [-0.05, 0) is 55.3 Å². The summed E-state index contributed by atoms with van der Waals surface area (Å²) in [5.41, 5.74) is 0. The summed E-state index contributed by atoms with van der Waals surface area (Å²) < 4.78 is 5.43. The van der Waals surface area contributed by atoms with E-state index in [0.717, 1.165) is 50.6 Å². The van der Waals surface area contributed by atoms with Crippen molar-refractivity contribution in [3.63, 3.8) is 0 Å². The summed E-state index contributed by atoms with van der Waals surface area (Å²) in [5.74, 6) is 1.99. The zero-order valence-electron chi connectivity index (χ0n) is 15.9. The summed E-state index contributed by atoms with van der Waals surface area (Å²) in [6, 6.07) is 9.40. The van der Waals surface area contributed by atoms with E-state index in [4.69, 9.17) is 9.41 Å². The smallest absolute Gasteiger partial charge is 0.191 e. The van der Waals surface area contributed by atoms with E-state index in [1.54, 1.807) is 6.26 Å². The van der Waals surface area contributed by atoms with Crippen LogP contribution in [0.15, 0.2) is 45.3 Å². The van der Waals surface area contributed by atoms with Crippen molar-refractivity contribution >= 4 is 22.3 Å². The fourth-order valence-corrected chi connectivity index (χ4v) is 4.80. The van der Waals surface area contributed by atoms with E-state index in [2.05, 4.69) is 33.0 Å². The van der Waals surface area contributed by atoms with Crippen LogP contribution in [0.25, 0.3) is 0 Å². The number of aliphatic imine (C=N–C) groups is 1. The lowest BCUT2D eigenvalue weighted by Crippen LogP contribution is -2.50. The molecule has 0 radical (unpaired) electrons. The number of anilines is 1. The maximum Gasteiger partial charge on any atom is 0.191 e. The Morgan fingerprint density at radius 2 is 1.85 bits per heavy atom. The molecule has 1 aliphatic heterocycles. The lowest BCUT2D eigenvalue weighted by molar-refractivity contribution is 0.457. The third kappa shape index (κ3) is 5.28. The highest BCUT2D eigenvalue weighted by molar-refractivity contribution is 7.14. The van der Waals surface area contributed by atoms with Crippen molar-refractivity contribution < 1.29 is 4.42 Å². The Hall–Kier alpha value is -1.95. The highest BCUT2D eigenvalue weighted by Crippen LogP contribution is 2.25. The maximum absolute atomic E-state index is 5.43. The van der Waals surface area contributed by atoms with Crippen molar-refractivity contribution in [1.29, 1.82) is 0 Å². The van der Waals surface area contributed by atoms with Gasteiger partial charge in [0.25, 0.3) is 0 Å². The number of guanidine groups is 1. The van der Waals surface area contributed by atoms with Gasteiger partial charge < -0.3 is 20.0 Å². The largest absolute Gasteiger partial charge is 0.469 e. The van der Waals surface area contributed by atoms with Crippen LogP contribution in [0.2, 0.25) is 0 Å². The first-order chi connectivity index (χ1) is 13.4. The Morgan fingerprint density at radius 3 is 2.52 bits per heavy atom. The second-order valence-corrected chi connectivity index (χ2v) is 8.47. The molecule has 5 nitrogen and oxygen atoms in total. The van der Waals surface area contributed by atoms with E-state index in [0.29, 0.717) is 12.1 Å². The molecule has 4 rings (SSSR count). The number of nitrogens with zero attached hydrogens (tertiary/aromatic N) is 2. The lowest BCUT2D eigenvalue weighted by Gasteiger charge is -2.34. The van der Waals surface area contributed by atoms with Crippen LogP contribution in [0, 0.1) is 0 Å². The standard InChI is InChI=1S/C21H30N4OS/c1-2-6-17(5-1)23-21(22-12-9-19-7-3-15-26-19)24-18-10-13-25(14-11-18)20-8-4-16-27-20/h3-4,7-8,15-18H,1-2,5-6,9-14H2,(H2,22,23,24). The first-order valence-electron chi connectivity index (χ1n) is 10.3. The van der Waals surface area contributed by atoms with Crippen LogP contribution in [0.1, 0.15) is 44.3 Å². The molecule has 2 fully saturated rings. The summed E-state index contributed by atoms with van der Waals surface area (Å²) in [7, 11) is 0. The summed E-state index contributed by atoms with van der Waals surface area (Å²) in [6.45, 7) is 2.98. The fraction of sp³-hybridized carbons (Fsp3) is 0.571. The van der Waals surface area contributed by atoms with Gasteiger partial charge in [0, 0.05) is 38.1 Å². The van der Waals surface area contributed by atoms with Crippen LogP contribution in [0.3, 0.4) is 0 Å². The van der Waals surface area contributed by atoms with Gasteiger partial charge in [0.2, 0.25) is 0 Å². The number of nitrogens with one attached hydrogen (secondary N) is 2. The Labute approximate surface area is 165 Å². The topological polar surface area (TPSA) is 52.8 Å². The fourth-order valence-electron chi connectivity index (χ4n) is 4.02. The number of hydrogen-bond donors (Lipinski definition) is 2. The van der Waals surface area contributed by atoms with E-state index in [-0.39, 0.29) is 0 Å².